The Kier molecular flexibility index (Phi) is 4.57. The Morgan fingerprint density at radius 1 is 1.03 bits per heavy atom. The van der Waals surface area contributed by atoms with Crippen molar-refractivity contribution in [2.45, 2.75) is 18.9 Å². The highest BCUT2D eigenvalue weighted by molar-refractivity contribution is 5.98. The lowest BCUT2D eigenvalue weighted by Crippen LogP contribution is -2.25. The standard InChI is InChI=1S/C26H21N2O/c29-26(24-15-23(24)19-9-5-2-6-10-19)28-16-20-11-12-21(18-7-3-1-4-8-18)22-13-14-27-17-25(20)22/h1-3,5-14,17,23-24H,15-16H2,(H,28,29). The van der Waals surface area contributed by atoms with Crippen LogP contribution in [0.3, 0.4) is 0 Å². The second kappa shape index (κ2) is 7.51. The van der Waals surface area contributed by atoms with Gasteiger partial charge in [0.05, 0.1) is 0 Å². The summed E-state index contributed by atoms with van der Waals surface area (Å²) in [5.41, 5.74) is 4.62. The summed E-state index contributed by atoms with van der Waals surface area (Å²) in [7, 11) is 0. The number of aromatic nitrogens is 1. The van der Waals surface area contributed by atoms with Gasteiger partial charge in [0, 0.05) is 30.2 Å². The number of amides is 1. The van der Waals surface area contributed by atoms with E-state index in [1.54, 1.807) is 0 Å². The van der Waals surface area contributed by atoms with Gasteiger partial charge < -0.3 is 5.32 Å². The zero-order valence-electron chi connectivity index (χ0n) is 16.0. The third-order valence-electron chi connectivity index (χ3n) is 5.73. The fourth-order valence-electron chi connectivity index (χ4n) is 4.08. The Bertz CT molecular complexity index is 1160. The number of rotatable bonds is 5. The first-order valence-electron chi connectivity index (χ1n) is 9.96. The maximum absolute atomic E-state index is 12.7. The molecule has 3 nitrogen and oxygen atoms in total. The smallest absolute Gasteiger partial charge is 0.224 e. The van der Waals surface area contributed by atoms with Gasteiger partial charge in [-0.15, -0.1) is 0 Å². The van der Waals surface area contributed by atoms with Crippen LogP contribution in [-0.4, -0.2) is 10.9 Å². The van der Waals surface area contributed by atoms with Crippen LogP contribution >= 0.6 is 0 Å². The van der Waals surface area contributed by atoms with E-state index in [4.69, 9.17) is 0 Å². The molecule has 0 spiro atoms. The molecule has 0 aliphatic heterocycles. The first kappa shape index (κ1) is 17.6. The summed E-state index contributed by atoms with van der Waals surface area (Å²) in [5.74, 6) is 0.574. The molecule has 1 amide bonds. The summed E-state index contributed by atoms with van der Waals surface area (Å²) >= 11 is 0. The van der Waals surface area contributed by atoms with Crippen molar-refractivity contribution in [2.24, 2.45) is 5.92 Å². The summed E-state index contributed by atoms with van der Waals surface area (Å²) in [4.78, 5) is 17.0. The normalized spacial score (nSPS) is 17.8. The van der Waals surface area contributed by atoms with E-state index < -0.39 is 0 Å². The molecule has 1 radical (unpaired) electrons. The van der Waals surface area contributed by atoms with Gasteiger partial charge >= 0.3 is 0 Å². The minimum absolute atomic E-state index is 0.0842. The summed E-state index contributed by atoms with van der Waals surface area (Å²) < 4.78 is 0. The van der Waals surface area contributed by atoms with Crippen LogP contribution in [0.25, 0.3) is 21.9 Å². The lowest BCUT2D eigenvalue weighted by atomic mass is 9.96. The van der Waals surface area contributed by atoms with Crippen LogP contribution in [0.4, 0.5) is 0 Å². The molecule has 2 unspecified atom stereocenters. The van der Waals surface area contributed by atoms with E-state index in [1.807, 2.05) is 54.9 Å². The Hall–Kier alpha value is -3.46. The maximum Gasteiger partial charge on any atom is 0.224 e. The molecule has 1 N–H and O–H groups in total. The molecule has 3 heteroatoms. The summed E-state index contributed by atoms with van der Waals surface area (Å²) in [5, 5.41) is 5.35. The summed E-state index contributed by atoms with van der Waals surface area (Å²) in [6.45, 7) is 0.514. The zero-order valence-corrected chi connectivity index (χ0v) is 16.0. The van der Waals surface area contributed by atoms with E-state index in [9.17, 15) is 4.79 Å². The third-order valence-corrected chi connectivity index (χ3v) is 5.73. The molecular weight excluding hydrogens is 356 g/mol. The Morgan fingerprint density at radius 3 is 2.76 bits per heavy atom. The molecule has 0 saturated heterocycles. The van der Waals surface area contributed by atoms with Crippen molar-refractivity contribution in [3.05, 3.63) is 102 Å². The monoisotopic (exact) mass is 377 g/mol. The molecule has 3 aromatic carbocycles. The Morgan fingerprint density at radius 2 is 1.93 bits per heavy atom. The predicted molar refractivity (Wildman–Crippen MR) is 115 cm³/mol. The number of benzene rings is 3. The number of fused-ring (bicyclic) bond motifs is 1. The lowest BCUT2D eigenvalue weighted by molar-refractivity contribution is -0.122. The molecule has 1 fully saturated rings. The van der Waals surface area contributed by atoms with Gasteiger partial charge in [0.1, 0.15) is 0 Å². The van der Waals surface area contributed by atoms with Crippen molar-refractivity contribution < 1.29 is 4.79 Å². The van der Waals surface area contributed by atoms with E-state index in [-0.39, 0.29) is 11.8 Å². The second-order valence-corrected chi connectivity index (χ2v) is 7.56. The minimum Gasteiger partial charge on any atom is -0.352 e. The van der Waals surface area contributed by atoms with Gasteiger partial charge in [-0.3, -0.25) is 9.78 Å². The average Bonchev–Trinajstić information content (AvgIpc) is 3.59. The summed E-state index contributed by atoms with van der Waals surface area (Å²) in [6.07, 6.45) is 4.63. The van der Waals surface area contributed by atoms with Gasteiger partial charge in [-0.2, -0.15) is 0 Å². The average molecular weight is 377 g/mol. The van der Waals surface area contributed by atoms with Gasteiger partial charge in [-0.1, -0.05) is 60.7 Å². The van der Waals surface area contributed by atoms with Crippen molar-refractivity contribution in [3.63, 3.8) is 0 Å². The highest BCUT2D eigenvalue weighted by Gasteiger charge is 2.43. The number of carbonyl (C=O) groups is 1. The van der Waals surface area contributed by atoms with Crippen LogP contribution in [0.15, 0.2) is 85.2 Å². The van der Waals surface area contributed by atoms with Gasteiger partial charge in [-0.25, -0.2) is 0 Å². The van der Waals surface area contributed by atoms with Crippen LogP contribution in [0.2, 0.25) is 0 Å². The number of nitrogens with one attached hydrogen (secondary N) is 1. The largest absolute Gasteiger partial charge is 0.352 e. The third kappa shape index (κ3) is 3.52. The van der Waals surface area contributed by atoms with Crippen LogP contribution in [0.5, 0.6) is 0 Å². The van der Waals surface area contributed by atoms with E-state index in [1.165, 1.54) is 5.56 Å². The number of nitrogens with zero attached hydrogens (tertiary/aromatic N) is 1. The van der Waals surface area contributed by atoms with Gasteiger partial charge in [0.15, 0.2) is 0 Å². The van der Waals surface area contributed by atoms with Gasteiger partial charge in [-0.05, 0) is 58.2 Å². The highest BCUT2D eigenvalue weighted by Crippen LogP contribution is 2.47. The van der Waals surface area contributed by atoms with Crippen molar-refractivity contribution in [1.82, 2.24) is 10.3 Å². The summed E-state index contributed by atoms with van der Waals surface area (Å²) in [6, 6.07) is 27.7. The van der Waals surface area contributed by atoms with E-state index in [2.05, 4.69) is 46.7 Å². The maximum atomic E-state index is 12.7. The molecule has 141 valence electrons. The van der Waals surface area contributed by atoms with Crippen LogP contribution in [0, 0.1) is 12.0 Å². The Balaban J connectivity index is 1.35. The number of hydrogen-bond donors (Lipinski definition) is 1. The molecule has 1 aromatic heterocycles. The molecule has 1 aliphatic carbocycles. The SMILES string of the molecule is O=C(NCc1ccc(-c2c[c]ccc2)c2ccncc12)C1CC1c1ccccc1. The fourth-order valence-corrected chi connectivity index (χ4v) is 4.08. The van der Waals surface area contributed by atoms with Crippen LogP contribution in [0.1, 0.15) is 23.5 Å². The van der Waals surface area contributed by atoms with Crippen molar-refractivity contribution >= 4 is 16.7 Å². The molecule has 2 atom stereocenters. The van der Waals surface area contributed by atoms with E-state index in [0.717, 1.165) is 33.9 Å². The van der Waals surface area contributed by atoms with Crippen molar-refractivity contribution in [2.75, 3.05) is 0 Å². The molecule has 1 aliphatic rings. The second-order valence-electron chi connectivity index (χ2n) is 7.56. The molecule has 1 heterocycles. The van der Waals surface area contributed by atoms with Crippen molar-refractivity contribution in [1.29, 1.82) is 0 Å². The Labute approximate surface area is 170 Å². The van der Waals surface area contributed by atoms with Crippen LogP contribution < -0.4 is 5.32 Å². The zero-order chi connectivity index (χ0) is 19.6. The highest BCUT2D eigenvalue weighted by atomic mass is 16.2. The predicted octanol–water partition coefficient (Wildman–Crippen LogP) is 5.12. The topological polar surface area (TPSA) is 42.0 Å². The van der Waals surface area contributed by atoms with Crippen LogP contribution in [-0.2, 0) is 11.3 Å². The number of carbonyl (C=O) groups excluding carboxylic acids is 1. The van der Waals surface area contributed by atoms with E-state index in [0.29, 0.717) is 12.5 Å². The molecule has 1 saturated carbocycles. The van der Waals surface area contributed by atoms with Gasteiger partial charge in [0.2, 0.25) is 5.91 Å². The lowest BCUT2D eigenvalue weighted by Gasteiger charge is -2.12. The van der Waals surface area contributed by atoms with E-state index >= 15 is 0 Å². The number of hydrogen-bond acceptors (Lipinski definition) is 2. The minimum atomic E-state index is 0.0842. The van der Waals surface area contributed by atoms with Gasteiger partial charge in [0.25, 0.3) is 0 Å². The molecular formula is C26H21N2O. The molecule has 29 heavy (non-hydrogen) atoms. The fraction of sp³-hybridized carbons (Fsp3) is 0.154. The van der Waals surface area contributed by atoms with Crippen molar-refractivity contribution in [3.8, 4) is 11.1 Å². The molecule has 4 aromatic rings. The molecule has 0 bridgehead atoms. The quantitative estimate of drug-likeness (QED) is 0.524. The molecule has 5 rings (SSSR count). The number of pyridine rings is 1. The first-order valence-corrected chi connectivity index (χ1v) is 9.96. The first-order chi connectivity index (χ1) is 14.3.